The van der Waals surface area contributed by atoms with Crippen molar-refractivity contribution in [1.29, 1.82) is 0 Å². The minimum atomic E-state index is -1.03. The van der Waals surface area contributed by atoms with Gasteiger partial charge >= 0.3 is 11.9 Å². The van der Waals surface area contributed by atoms with Crippen LogP contribution in [0.5, 0.6) is 0 Å². The highest BCUT2D eigenvalue weighted by molar-refractivity contribution is 5.97. The van der Waals surface area contributed by atoms with Gasteiger partial charge in [0, 0.05) is 5.56 Å². The Hall–Kier alpha value is -3.87. The molecule has 0 fully saturated rings. The zero-order valence-electron chi connectivity index (χ0n) is 15.7. The number of ether oxygens (including phenoxy) is 2. The monoisotopic (exact) mass is 393 g/mol. The number of methoxy groups -OCH3 is 1. The number of rotatable bonds is 7. The number of furan rings is 1. The van der Waals surface area contributed by atoms with E-state index in [-0.39, 0.29) is 17.9 Å². The van der Waals surface area contributed by atoms with Gasteiger partial charge in [0.2, 0.25) is 0 Å². The largest absolute Gasteiger partial charge is 0.465 e. The SMILES string of the molecule is COC(=O)c1ccoc1COC(=O)C(NC(=O)c1ccccc1)c1ccccc1. The third-order valence-corrected chi connectivity index (χ3v) is 4.18. The Balaban J connectivity index is 1.76. The standard InChI is InChI=1S/C22H19NO6/c1-27-21(25)17-12-13-28-18(17)14-29-22(26)19(15-8-4-2-5-9-15)23-20(24)16-10-6-3-7-11-16/h2-13,19H,14H2,1H3,(H,23,24). The summed E-state index contributed by atoms with van der Waals surface area (Å²) in [6, 6.07) is 17.7. The zero-order valence-corrected chi connectivity index (χ0v) is 15.7. The molecule has 3 rings (SSSR count). The van der Waals surface area contributed by atoms with Crippen molar-refractivity contribution in [2.75, 3.05) is 7.11 Å². The second kappa shape index (κ2) is 9.36. The Morgan fingerprint density at radius 1 is 0.966 bits per heavy atom. The van der Waals surface area contributed by atoms with E-state index >= 15 is 0 Å². The van der Waals surface area contributed by atoms with Crippen molar-refractivity contribution in [2.45, 2.75) is 12.6 Å². The third kappa shape index (κ3) is 4.90. The van der Waals surface area contributed by atoms with Crippen molar-refractivity contribution < 1.29 is 28.3 Å². The summed E-state index contributed by atoms with van der Waals surface area (Å²) in [7, 11) is 1.25. The molecular formula is C22H19NO6. The molecule has 2 aromatic carbocycles. The van der Waals surface area contributed by atoms with E-state index in [0.29, 0.717) is 11.1 Å². The fourth-order valence-corrected chi connectivity index (χ4v) is 2.69. The molecule has 1 aromatic heterocycles. The van der Waals surface area contributed by atoms with Crippen molar-refractivity contribution in [3.63, 3.8) is 0 Å². The van der Waals surface area contributed by atoms with Crippen LogP contribution in [-0.2, 0) is 20.9 Å². The smallest absolute Gasteiger partial charge is 0.341 e. The van der Waals surface area contributed by atoms with Crippen LogP contribution >= 0.6 is 0 Å². The van der Waals surface area contributed by atoms with Gasteiger partial charge in [0.15, 0.2) is 11.8 Å². The summed E-state index contributed by atoms with van der Waals surface area (Å²) in [5.41, 5.74) is 1.15. The lowest BCUT2D eigenvalue weighted by Gasteiger charge is -2.18. The first-order chi connectivity index (χ1) is 14.1. The van der Waals surface area contributed by atoms with E-state index in [1.165, 1.54) is 19.4 Å². The Kier molecular flexibility index (Phi) is 6.42. The number of carbonyl (C=O) groups is 3. The highest BCUT2D eigenvalue weighted by Crippen LogP contribution is 2.18. The van der Waals surface area contributed by atoms with Gasteiger partial charge < -0.3 is 19.2 Å². The minimum Gasteiger partial charge on any atom is -0.465 e. The fourth-order valence-electron chi connectivity index (χ4n) is 2.69. The Morgan fingerprint density at radius 2 is 1.62 bits per heavy atom. The highest BCUT2D eigenvalue weighted by Gasteiger charge is 2.26. The number of hydrogen-bond acceptors (Lipinski definition) is 6. The number of amides is 1. The van der Waals surface area contributed by atoms with Crippen molar-refractivity contribution >= 4 is 17.8 Å². The molecule has 0 aliphatic heterocycles. The van der Waals surface area contributed by atoms with Crippen LogP contribution in [0.25, 0.3) is 0 Å². The maximum absolute atomic E-state index is 12.8. The number of nitrogens with one attached hydrogen (secondary N) is 1. The maximum atomic E-state index is 12.8. The molecule has 0 saturated heterocycles. The first-order valence-electron chi connectivity index (χ1n) is 8.82. The predicted octanol–water partition coefficient (Wildman–Crippen LogP) is 3.28. The summed E-state index contributed by atoms with van der Waals surface area (Å²) < 4.78 is 15.2. The number of carbonyl (C=O) groups excluding carboxylic acids is 3. The van der Waals surface area contributed by atoms with Gasteiger partial charge in [0.1, 0.15) is 12.2 Å². The lowest BCUT2D eigenvalue weighted by atomic mass is 10.1. The first-order valence-corrected chi connectivity index (χ1v) is 8.82. The lowest BCUT2D eigenvalue weighted by molar-refractivity contribution is -0.148. The van der Waals surface area contributed by atoms with Gasteiger partial charge in [-0.15, -0.1) is 0 Å². The Labute approximate surface area is 167 Å². The molecule has 29 heavy (non-hydrogen) atoms. The maximum Gasteiger partial charge on any atom is 0.341 e. The second-order valence-electron chi connectivity index (χ2n) is 6.04. The minimum absolute atomic E-state index is 0.159. The molecular weight excluding hydrogens is 374 g/mol. The molecule has 0 bridgehead atoms. The zero-order chi connectivity index (χ0) is 20.6. The fraction of sp³-hybridized carbons (Fsp3) is 0.136. The number of hydrogen-bond donors (Lipinski definition) is 1. The van der Waals surface area contributed by atoms with Crippen LogP contribution in [0.2, 0.25) is 0 Å². The summed E-state index contributed by atoms with van der Waals surface area (Å²) in [4.78, 5) is 37.0. The predicted molar refractivity (Wildman–Crippen MR) is 103 cm³/mol. The van der Waals surface area contributed by atoms with E-state index in [4.69, 9.17) is 9.15 Å². The van der Waals surface area contributed by atoms with E-state index in [1.807, 2.05) is 0 Å². The van der Waals surface area contributed by atoms with Crippen molar-refractivity contribution in [2.24, 2.45) is 0 Å². The molecule has 1 unspecified atom stereocenters. The van der Waals surface area contributed by atoms with E-state index in [0.717, 1.165) is 0 Å². The van der Waals surface area contributed by atoms with Crippen LogP contribution in [0, 0.1) is 0 Å². The van der Waals surface area contributed by atoms with Crippen LogP contribution in [0.15, 0.2) is 77.4 Å². The topological polar surface area (TPSA) is 94.8 Å². The number of benzene rings is 2. The molecule has 3 aromatic rings. The third-order valence-electron chi connectivity index (χ3n) is 4.18. The normalized spacial score (nSPS) is 11.3. The van der Waals surface area contributed by atoms with Crippen LogP contribution in [0.1, 0.15) is 38.1 Å². The quantitative estimate of drug-likeness (QED) is 0.619. The van der Waals surface area contributed by atoms with Gasteiger partial charge in [0.25, 0.3) is 5.91 Å². The second-order valence-corrected chi connectivity index (χ2v) is 6.04. The molecule has 148 valence electrons. The molecule has 1 atom stereocenters. The molecule has 0 radical (unpaired) electrons. The molecule has 1 heterocycles. The summed E-state index contributed by atoms with van der Waals surface area (Å²) >= 11 is 0. The van der Waals surface area contributed by atoms with Crippen molar-refractivity contribution in [1.82, 2.24) is 5.32 Å². The Morgan fingerprint density at radius 3 is 2.28 bits per heavy atom. The molecule has 0 aliphatic carbocycles. The molecule has 0 spiro atoms. The van der Waals surface area contributed by atoms with Crippen LogP contribution in [0.4, 0.5) is 0 Å². The molecule has 1 N–H and O–H groups in total. The molecule has 7 heteroatoms. The summed E-state index contributed by atoms with van der Waals surface area (Å²) in [5.74, 6) is -1.54. The highest BCUT2D eigenvalue weighted by atomic mass is 16.5. The first kappa shape index (κ1) is 19.9. The van der Waals surface area contributed by atoms with E-state index in [1.54, 1.807) is 60.7 Å². The van der Waals surface area contributed by atoms with Gasteiger partial charge in [-0.05, 0) is 23.8 Å². The van der Waals surface area contributed by atoms with E-state index < -0.39 is 23.9 Å². The summed E-state index contributed by atoms with van der Waals surface area (Å²) in [6.07, 6.45) is 1.31. The van der Waals surface area contributed by atoms with Gasteiger partial charge in [-0.25, -0.2) is 9.59 Å². The van der Waals surface area contributed by atoms with Gasteiger partial charge in [-0.1, -0.05) is 48.5 Å². The molecule has 0 saturated carbocycles. The van der Waals surface area contributed by atoms with E-state index in [2.05, 4.69) is 10.1 Å². The van der Waals surface area contributed by atoms with Gasteiger partial charge in [-0.2, -0.15) is 0 Å². The summed E-state index contributed by atoms with van der Waals surface area (Å²) in [6.45, 7) is -0.277. The number of esters is 2. The molecule has 7 nitrogen and oxygen atoms in total. The molecule has 1 amide bonds. The van der Waals surface area contributed by atoms with Crippen LogP contribution in [-0.4, -0.2) is 25.0 Å². The summed E-state index contributed by atoms with van der Waals surface area (Å²) in [5, 5.41) is 2.69. The van der Waals surface area contributed by atoms with Gasteiger partial charge in [0.05, 0.1) is 13.4 Å². The lowest BCUT2D eigenvalue weighted by Crippen LogP contribution is -2.35. The van der Waals surface area contributed by atoms with Crippen LogP contribution < -0.4 is 5.32 Å². The van der Waals surface area contributed by atoms with Crippen LogP contribution in [0.3, 0.4) is 0 Å². The average molecular weight is 393 g/mol. The Bertz CT molecular complexity index is 981. The van der Waals surface area contributed by atoms with Gasteiger partial charge in [-0.3, -0.25) is 4.79 Å². The van der Waals surface area contributed by atoms with E-state index in [9.17, 15) is 14.4 Å². The van der Waals surface area contributed by atoms with Crippen molar-refractivity contribution in [3.8, 4) is 0 Å². The molecule has 0 aliphatic rings. The van der Waals surface area contributed by atoms with Crippen molar-refractivity contribution in [3.05, 3.63) is 95.4 Å². The average Bonchev–Trinajstić information content (AvgIpc) is 3.25.